The molecule has 0 bridgehead atoms. The van der Waals surface area contributed by atoms with Crippen LogP contribution in [0.2, 0.25) is 0 Å². The van der Waals surface area contributed by atoms with E-state index in [1.54, 1.807) is 24.3 Å². The summed E-state index contributed by atoms with van der Waals surface area (Å²) in [7, 11) is 0. The molecular weight excluding hydrogens is 390 g/mol. The Kier molecular flexibility index (Phi) is 7.59. The fourth-order valence-corrected chi connectivity index (χ4v) is 3.71. The number of amides is 4. The molecule has 4 N–H and O–H groups in total. The second-order valence-electron chi connectivity index (χ2n) is 7.53. The van der Waals surface area contributed by atoms with Gasteiger partial charge in [0.05, 0.1) is 11.4 Å². The lowest BCUT2D eigenvalue weighted by Crippen LogP contribution is -2.38. The molecule has 1 aliphatic carbocycles. The molecule has 4 amide bonds. The van der Waals surface area contributed by atoms with Gasteiger partial charge in [0.2, 0.25) is 0 Å². The molecule has 1 saturated carbocycles. The average Bonchev–Trinajstić information content (AvgIpc) is 2.74. The zero-order chi connectivity index (χ0) is 21.3. The van der Waals surface area contributed by atoms with Gasteiger partial charge in [0.25, 0.3) is 0 Å². The topological polar surface area (TPSA) is 82.3 Å². The van der Waals surface area contributed by atoms with Crippen LogP contribution in [0.25, 0.3) is 0 Å². The first kappa shape index (κ1) is 21.5. The van der Waals surface area contributed by atoms with E-state index in [1.165, 1.54) is 24.3 Å². The summed E-state index contributed by atoms with van der Waals surface area (Å²) >= 11 is 0. The maximum absolute atomic E-state index is 13.6. The molecule has 1 fully saturated rings. The first-order valence-corrected chi connectivity index (χ1v) is 10.1. The Hall–Kier alpha value is -3.16. The van der Waals surface area contributed by atoms with Crippen molar-refractivity contribution < 1.29 is 18.4 Å². The van der Waals surface area contributed by atoms with Crippen molar-refractivity contribution in [1.82, 2.24) is 10.6 Å². The maximum Gasteiger partial charge on any atom is 0.319 e. The van der Waals surface area contributed by atoms with Crippen molar-refractivity contribution in [3.05, 3.63) is 60.2 Å². The number of nitrogens with one attached hydrogen (secondary N) is 4. The van der Waals surface area contributed by atoms with Gasteiger partial charge in [-0.1, -0.05) is 30.7 Å². The highest BCUT2D eigenvalue weighted by Crippen LogP contribution is 2.28. The number of hydrogen-bond donors (Lipinski definition) is 4. The van der Waals surface area contributed by atoms with Crippen molar-refractivity contribution in [3.8, 4) is 0 Å². The molecule has 0 aliphatic heterocycles. The van der Waals surface area contributed by atoms with Crippen LogP contribution in [0.5, 0.6) is 0 Å². The van der Waals surface area contributed by atoms with Crippen molar-refractivity contribution in [2.24, 2.45) is 11.8 Å². The van der Waals surface area contributed by atoms with Crippen molar-refractivity contribution in [2.45, 2.75) is 25.7 Å². The molecule has 2 aromatic carbocycles. The first-order chi connectivity index (χ1) is 14.5. The summed E-state index contributed by atoms with van der Waals surface area (Å²) in [4.78, 5) is 24.0. The summed E-state index contributed by atoms with van der Waals surface area (Å²) in [6.07, 6.45) is 3.83. The van der Waals surface area contributed by atoms with Crippen molar-refractivity contribution in [1.29, 1.82) is 0 Å². The Morgan fingerprint density at radius 3 is 1.63 bits per heavy atom. The van der Waals surface area contributed by atoms with Gasteiger partial charge >= 0.3 is 12.1 Å². The van der Waals surface area contributed by atoms with Gasteiger partial charge in [-0.25, -0.2) is 18.4 Å². The van der Waals surface area contributed by atoms with Gasteiger partial charge in [-0.15, -0.1) is 0 Å². The second-order valence-corrected chi connectivity index (χ2v) is 7.53. The third-order valence-corrected chi connectivity index (χ3v) is 5.24. The van der Waals surface area contributed by atoms with Gasteiger partial charge in [0, 0.05) is 13.1 Å². The Morgan fingerprint density at radius 1 is 0.767 bits per heavy atom. The molecule has 30 heavy (non-hydrogen) atoms. The maximum atomic E-state index is 13.6. The molecule has 0 radical (unpaired) electrons. The number of hydrogen-bond acceptors (Lipinski definition) is 2. The molecule has 160 valence electrons. The summed E-state index contributed by atoms with van der Waals surface area (Å²) in [6.45, 7) is 0.969. The lowest BCUT2D eigenvalue weighted by atomic mass is 9.81. The Balaban J connectivity index is 1.38. The summed E-state index contributed by atoms with van der Waals surface area (Å²) in [5.74, 6) is -0.395. The number of anilines is 2. The largest absolute Gasteiger partial charge is 0.338 e. The minimum absolute atomic E-state index is 0.140. The summed E-state index contributed by atoms with van der Waals surface area (Å²) < 4.78 is 27.2. The predicted octanol–water partition coefficient (Wildman–Crippen LogP) is 4.71. The van der Waals surface area contributed by atoms with E-state index in [2.05, 4.69) is 21.3 Å². The van der Waals surface area contributed by atoms with Crippen LogP contribution in [0.15, 0.2) is 48.5 Å². The van der Waals surface area contributed by atoms with Crippen LogP contribution in [0, 0.1) is 23.5 Å². The number of rotatable bonds is 6. The number of urea groups is 2. The van der Waals surface area contributed by atoms with E-state index in [1.807, 2.05) is 0 Å². The Morgan fingerprint density at radius 2 is 1.20 bits per heavy atom. The number of benzene rings is 2. The smallest absolute Gasteiger partial charge is 0.319 e. The molecule has 6 nitrogen and oxygen atoms in total. The van der Waals surface area contributed by atoms with Gasteiger partial charge in [-0.2, -0.15) is 0 Å². The highest BCUT2D eigenvalue weighted by Gasteiger charge is 2.23. The van der Waals surface area contributed by atoms with Gasteiger partial charge in [0.1, 0.15) is 11.6 Å². The highest BCUT2D eigenvalue weighted by atomic mass is 19.1. The lowest BCUT2D eigenvalue weighted by Gasteiger charge is -2.29. The first-order valence-electron chi connectivity index (χ1n) is 10.1. The van der Waals surface area contributed by atoms with E-state index in [9.17, 15) is 18.4 Å². The zero-order valence-electron chi connectivity index (χ0n) is 16.6. The SMILES string of the molecule is O=C(NC[C@@H]1CCC[C@@H](CNC(=O)Nc2ccccc2F)C1)Nc1ccccc1F. The number of halogens is 2. The standard InChI is InChI=1S/C22H26F2N4O2/c23-17-8-1-3-10-19(17)27-21(29)25-13-15-6-5-7-16(12-15)14-26-22(30)28-20-11-4-2-9-18(20)24/h1-4,8-11,15-16H,5-7,12-14H2,(H2,25,27,29)(H2,26,28,30)/t15-,16-/m1/s1. The van der Waals surface area contributed by atoms with E-state index in [0.29, 0.717) is 13.1 Å². The molecular formula is C22H26F2N4O2. The van der Waals surface area contributed by atoms with Crippen LogP contribution in [-0.4, -0.2) is 25.2 Å². The monoisotopic (exact) mass is 416 g/mol. The van der Waals surface area contributed by atoms with Crippen molar-refractivity contribution >= 4 is 23.4 Å². The number of carbonyl (C=O) groups excluding carboxylic acids is 2. The van der Waals surface area contributed by atoms with Crippen LogP contribution < -0.4 is 21.3 Å². The van der Waals surface area contributed by atoms with Crippen LogP contribution in [0.3, 0.4) is 0 Å². The Labute approximate surface area is 174 Å². The summed E-state index contributed by atoms with van der Waals surface area (Å²) in [5.41, 5.74) is 0.281. The molecule has 2 atom stereocenters. The normalized spacial score (nSPS) is 18.3. The van der Waals surface area contributed by atoms with E-state index < -0.39 is 23.7 Å². The Bertz CT molecular complexity index is 808. The molecule has 0 heterocycles. The van der Waals surface area contributed by atoms with E-state index in [-0.39, 0.29) is 23.2 Å². The quantitative estimate of drug-likeness (QED) is 0.550. The fourth-order valence-electron chi connectivity index (χ4n) is 3.71. The lowest BCUT2D eigenvalue weighted by molar-refractivity contribution is 0.230. The third-order valence-electron chi connectivity index (χ3n) is 5.24. The van der Waals surface area contributed by atoms with Gasteiger partial charge < -0.3 is 21.3 Å². The molecule has 2 aromatic rings. The highest BCUT2D eigenvalue weighted by molar-refractivity contribution is 5.89. The van der Waals surface area contributed by atoms with Crippen LogP contribution in [0.1, 0.15) is 25.7 Å². The van der Waals surface area contributed by atoms with Crippen molar-refractivity contribution in [2.75, 3.05) is 23.7 Å². The fraction of sp³-hybridized carbons (Fsp3) is 0.364. The molecule has 0 aromatic heterocycles. The molecule has 0 saturated heterocycles. The van der Waals surface area contributed by atoms with Crippen LogP contribution in [0.4, 0.5) is 29.7 Å². The molecule has 3 rings (SSSR count). The second kappa shape index (κ2) is 10.6. The van der Waals surface area contributed by atoms with Gasteiger partial charge in [-0.3, -0.25) is 0 Å². The summed E-state index contributed by atoms with van der Waals surface area (Å²) in [6, 6.07) is 11.1. The molecule has 8 heteroatoms. The summed E-state index contributed by atoms with van der Waals surface area (Å²) in [5, 5.41) is 10.6. The minimum atomic E-state index is -0.481. The van der Waals surface area contributed by atoms with Crippen LogP contribution in [-0.2, 0) is 0 Å². The molecule has 1 aliphatic rings. The van der Waals surface area contributed by atoms with E-state index in [0.717, 1.165) is 25.7 Å². The predicted molar refractivity (Wildman–Crippen MR) is 112 cm³/mol. The molecule has 0 unspecified atom stereocenters. The third kappa shape index (κ3) is 6.43. The average molecular weight is 416 g/mol. The van der Waals surface area contributed by atoms with Gasteiger partial charge in [0.15, 0.2) is 0 Å². The van der Waals surface area contributed by atoms with Crippen LogP contribution >= 0.6 is 0 Å². The van der Waals surface area contributed by atoms with Crippen molar-refractivity contribution in [3.63, 3.8) is 0 Å². The van der Waals surface area contributed by atoms with E-state index >= 15 is 0 Å². The number of carbonyl (C=O) groups is 2. The van der Waals surface area contributed by atoms with Gasteiger partial charge in [-0.05, 0) is 55.4 Å². The van der Waals surface area contributed by atoms with E-state index in [4.69, 9.17) is 0 Å². The number of para-hydroxylation sites is 2. The molecule has 0 spiro atoms. The minimum Gasteiger partial charge on any atom is -0.338 e. The zero-order valence-corrected chi connectivity index (χ0v) is 16.6.